The van der Waals surface area contributed by atoms with Crippen molar-refractivity contribution in [2.24, 2.45) is 0 Å². The molecule has 0 bridgehead atoms. The Hall–Kier alpha value is -3.79. The lowest BCUT2D eigenvalue weighted by atomic mass is 10.1. The van der Waals surface area contributed by atoms with E-state index in [4.69, 9.17) is 9.90 Å². The third kappa shape index (κ3) is 7.38. The van der Waals surface area contributed by atoms with E-state index in [2.05, 4.69) is 70.4 Å². The fourth-order valence-electron chi connectivity index (χ4n) is 4.59. The number of carboxylic acid groups (broad SMARTS) is 1. The number of likely N-dealkylation sites (tertiary alicyclic amines) is 2. The largest absolute Gasteiger partial charge is 0.490 e. The van der Waals surface area contributed by atoms with Crippen LogP contribution in [0.4, 0.5) is 18.9 Å². The molecule has 0 aromatic heterocycles. The summed E-state index contributed by atoms with van der Waals surface area (Å²) < 4.78 is 31.7. The van der Waals surface area contributed by atoms with Crippen LogP contribution < -0.4 is 21.3 Å². The summed E-state index contributed by atoms with van der Waals surface area (Å²) >= 11 is 0. The van der Waals surface area contributed by atoms with Crippen molar-refractivity contribution in [3.05, 3.63) is 70.1 Å². The van der Waals surface area contributed by atoms with Gasteiger partial charge in [0.05, 0.1) is 11.4 Å². The van der Waals surface area contributed by atoms with Gasteiger partial charge in [0.2, 0.25) is 5.91 Å². The molecule has 7 nitrogen and oxygen atoms in total. The fourth-order valence-corrected chi connectivity index (χ4v) is 4.59. The first-order valence-corrected chi connectivity index (χ1v) is 12.7. The summed E-state index contributed by atoms with van der Waals surface area (Å²) in [5.41, 5.74) is 11.2. The molecule has 1 amide bonds. The maximum atomic E-state index is 11.9. The van der Waals surface area contributed by atoms with Gasteiger partial charge in [-0.2, -0.15) is 13.2 Å². The number of hydrazine groups is 1. The number of fused-ring (bicyclic) bond motifs is 1. The number of rotatable bonds is 5. The Bertz CT molecular complexity index is 1300. The standard InChI is InChI=1S/C26H30N4O.C2HF3O2/c31-26-5-4-16-30(26)19-22-10-12-23-24(27-28-25(23)17-22)13-11-20-6-8-21(9-7-20)18-29-14-2-1-3-15-29;3-2(4,5)1(6)7/h6-13,17,19,27-28H,1-5,14-16,18H2;(H,6,7)/b13-11+,22-19?;. The van der Waals surface area contributed by atoms with Crippen molar-refractivity contribution < 1.29 is 27.9 Å². The number of nitrogens with zero attached hydrogens (tertiary/aromatic N) is 2. The van der Waals surface area contributed by atoms with Crippen molar-refractivity contribution in [3.8, 4) is 0 Å². The molecule has 0 unspecified atom stereocenters. The van der Waals surface area contributed by atoms with Gasteiger partial charge in [0.15, 0.2) is 0 Å². The monoisotopic (exact) mass is 528 g/mol. The molecule has 2 saturated heterocycles. The van der Waals surface area contributed by atoms with E-state index in [1.807, 2.05) is 11.1 Å². The maximum absolute atomic E-state index is 11.9. The Morgan fingerprint density at radius 3 is 2.29 bits per heavy atom. The zero-order chi connectivity index (χ0) is 27.1. The van der Waals surface area contributed by atoms with E-state index in [1.54, 1.807) is 0 Å². The van der Waals surface area contributed by atoms with E-state index in [1.165, 1.54) is 43.5 Å². The van der Waals surface area contributed by atoms with Crippen LogP contribution >= 0.6 is 0 Å². The summed E-state index contributed by atoms with van der Waals surface area (Å²) in [6.07, 6.45) is 6.78. The summed E-state index contributed by atoms with van der Waals surface area (Å²) in [6.45, 7) is 4.33. The number of piperidine rings is 1. The number of nitrogens with one attached hydrogen (secondary N) is 2. The molecule has 3 aliphatic rings. The molecule has 5 rings (SSSR count). The number of carboxylic acids is 1. The van der Waals surface area contributed by atoms with Gasteiger partial charge in [-0.05, 0) is 60.8 Å². The van der Waals surface area contributed by atoms with Gasteiger partial charge in [-0.1, -0.05) is 48.9 Å². The number of aliphatic carboxylic acids is 1. The van der Waals surface area contributed by atoms with Crippen molar-refractivity contribution in [2.45, 2.75) is 44.8 Å². The first-order chi connectivity index (χ1) is 18.2. The number of amides is 1. The number of carbonyl (C=O) groups is 2. The summed E-state index contributed by atoms with van der Waals surface area (Å²) in [5.74, 6) is -2.55. The van der Waals surface area contributed by atoms with Gasteiger partial charge in [-0.15, -0.1) is 0 Å². The van der Waals surface area contributed by atoms with Gasteiger partial charge >= 0.3 is 12.1 Å². The van der Waals surface area contributed by atoms with E-state index in [9.17, 15) is 18.0 Å². The average molecular weight is 529 g/mol. The van der Waals surface area contributed by atoms with Crippen LogP contribution in [0.3, 0.4) is 0 Å². The van der Waals surface area contributed by atoms with Crippen molar-refractivity contribution in [1.29, 1.82) is 0 Å². The summed E-state index contributed by atoms with van der Waals surface area (Å²) in [6, 6.07) is 15.2. The van der Waals surface area contributed by atoms with Gasteiger partial charge in [-0.25, -0.2) is 4.79 Å². The Kier molecular flexibility index (Phi) is 8.73. The number of alkyl halides is 3. The molecule has 0 radical (unpaired) electrons. The summed E-state index contributed by atoms with van der Waals surface area (Å²) in [4.78, 5) is 25.1. The number of benzene rings is 2. The van der Waals surface area contributed by atoms with Crippen LogP contribution in [0.1, 0.15) is 43.2 Å². The number of carbonyl (C=O) groups excluding carboxylic acids is 1. The minimum atomic E-state index is -5.08. The van der Waals surface area contributed by atoms with Gasteiger partial charge in [0.25, 0.3) is 0 Å². The SMILES string of the molecule is O=C(O)C(F)(F)F.O=C1CCCN1C=c1ccc2c(c1)NNC=2/C=C/c1ccc(CN2CCCCC2)cc1. The van der Waals surface area contributed by atoms with E-state index < -0.39 is 12.1 Å². The van der Waals surface area contributed by atoms with Crippen molar-refractivity contribution >= 4 is 35.5 Å². The molecule has 10 heteroatoms. The van der Waals surface area contributed by atoms with E-state index in [-0.39, 0.29) is 5.91 Å². The molecular formula is C28H31F3N4O3. The fraction of sp³-hybridized carbons (Fsp3) is 0.357. The molecule has 3 aliphatic heterocycles. The van der Waals surface area contributed by atoms with Crippen LogP contribution in [0.25, 0.3) is 18.0 Å². The highest BCUT2D eigenvalue weighted by Gasteiger charge is 2.38. The number of halogens is 3. The molecule has 3 heterocycles. The first-order valence-electron chi connectivity index (χ1n) is 12.7. The second-order valence-corrected chi connectivity index (χ2v) is 9.50. The Morgan fingerprint density at radius 2 is 1.66 bits per heavy atom. The molecule has 0 aliphatic carbocycles. The molecule has 0 spiro atoms. The van der Waals surface area contributed by atoms with Crippen molar-refractivity contribution in [2.75, 3.05) is 25.1 Å². The third-order valence-corrected chi connectivity index (χ3v) is 6.60. The Morgan fingerprint density at radius 1 is 0.947 bits per heavy atom. The molecule has 2 fully saturated rings. The molecular weight excluding hydrogens is 497 g/mol. The number of hydrogen-bond acceptors (Lipinski definition) is 5. The van der Waals surface area contributed by atoms with Crippen LogP contribution in [0.5, 0.6) is 0 Å². The van der Waals surface area contributed by atoms with Gasteiger partial charge < -0.3 is 20.9 Å². The van der Waals surface area contributed by atoms with Crippen molar-refractivity contribution in [1.82, 2.24) is 15.2 Å². The first kappa shape index (κ1) is 27.3. The van der Waals surface area contributed by atoms with Gasteiger partial charge in [0.1, 0.15) is 0 Å². The minimum absolute atomic E-state index is 0.212. The van der Waals surface area contributed by atoms with Crippen LogP contribution in [0.2, 0.25) is 0 Å². The molecule has 3 N–H and O–H groups in total. The predicted molar refractivity (Wildman–Crippen MR) is 140 cm³/mol. The Balaban J connectivity index is 0.000000426. The Labute approximate surface area is 218 Å². The lowest BCUT2D eigenvalue weighted by Gasteiger charge is -2.26. The molecule has 38 heavy (non-hydrogen) atoms. The van der Waals surface area contributed by atoms with Gasteiger partial charge in [0, 0.05) is 30.9 Å². The second kappa shape index (κ2) is 12.2. The maximum Gasteiger partial charge on any atom is 0.490 e. The minimum Gasteiger partial charge on any atom is -0.475 e. The van der Waals surface area contributed by atoms with E-state index in [0.717, 1.165) is 41.3 Å². The summed E-state index contributed by atoms with van der Waals surface area (Å²) in [5, 5.41) is 9.31. The van der Waals surface area contributed by atoms with Crippen LogP contribution in [0.15, 0.2) is 48.5 Å². The lowest BCUT2D eigenvalue weighted by molar-refractivity contribution is -0.192. The third-order valence-electron chi connectivity index (χ3n) is 6.60. The molecule has 0 saturated carbocycles. The second-order valence-electron chi connectivity index (χ2n) is 9.50. The highest BCUT2D eigenvalue weighted by molar-refractivity contribution is 5.82. The molecule has 2 aromatic rings. The zero-order valence-corrected chi connectivity index (χ0v) is 20.9. The molecule has 202 valence electrons. The predicted octanol–water partition coefficient (Wildman–Crippen LogP) is 3.42. The van der Waals surface area contributed by atoms with Crippen molar-refractivity contribution in [3.63, 3.8) is 0 Å². The molecule has 0 atom stereocenters. The highest BCUT2D eigenvalue weighted by atomic mass is 19.4. The number of hydrogen-bond donors (Lipinski definition) is 3. The normalized spacial score (nSPS) is 18.2. The van der Waals surface area contributed by atoms with E-state index in [0.29, 0.717) is 6.42 Å². The smallest absolute Gasteiger partial charge is 0.475 e. The zero-order valence-electron chi connectivity index (χ0n) is 20.9. The quantitative estimate of drug-likeness (QED) is 0.552. The topological polar surface area (TPSA) is 84.9 Å². The van der Waals surface area contributed by atoms with E-state index >= 15 is 0 Å². The highest BCUT2D eigenvalue weighted by Crippen LogP contribution is 2.16. The average Bonchev–Trinajstić information content (AvgIpc) is 3.49. The van der Waals surface area contributed by atoms with Crippen LogP contribution in [0, 0.1) is 0 Å². The van der Waals surface area contributed by atoms with Crippen LogP contribution in [-0.2, 0) is 16.1 Å². The van der Waals surface area contributed by atoms with Crippen LogP contribution in [-0.4, -0.2) is 52.6 Å². The molecule has 2 aromatic carbocycles. The van der Waals surface area contributed by atoms with Gasteiger partial charge in [-0.3, -0.25) is 9.69 Å². The number of anilines is 1. The summed E-state index contributed by atoms with van der Waals surface area (Å²) in [7, 11) is 0. The lowest BCUT2D eigenvalue weighted by Crippen LogP contribution is -2.28.